The van der Waals surface area contributed by atoms with E-state index in [0.29, 0.717) is 22.0 Å². The number of H-pyrrole nitrogens is 1. The van der Waals surface area contributed by atoms with Crippen molar-refractivity contribution in [3.05, 3.63) is 34.5 Å². The zero-order valence-corrected chi connectivity index (χ0v) is 10.6. The van der Waals surface area contributed by atoms with E-state index >= 15 is 0 Å². The number of methoxy groups -OCH3 is 1. The Morgan fingerprint density at radius 3 is 2.72 bits per heavy atom. The summed E-state index contributed by atoms with van der Waals surface area (Å²) in [6, 6.07) is 5.06. The topological polar surface area (TPSA) is 75.2 Å². The standard InChI is InChI=1S/C12H11ClN2O3/c1-6-3-7(11(13)10(4-6)18-2)8-5-9(12(16)17)15-14-8/h3-5H,1-2H3,(H,14,15)(H,16,17). The number of ether oxygens (including phenoxy) is 1. The first-order valence-electron chi connectivity index (χ1n) is 5.16. The average Bonchev–Trinajstić information content (AvgIpc) is 2.81. The molecule has 0 aliphatic rings. The minimum Gasteiger partial charge on any atom is -0.495 e. The van der Waals surface area contributed by atoms with Crippen molar-refractivity contribution in [2.45, 2.75) is 6.92 Å². The Bertz CT molecular complexity index is 607. The van der Waals surface area contributed by atoms with Gasteiger partial charge in [-0.05, 0) is 30.7 Å². The molecule has 94 valence electrons. The quantitative estimate of drug-likeness (QED) is 0.896. The number of carboxylic acids is 1. The lowest BCUT2D eigenvalue weighted by Crippen LogP contribution is -1.95. The van der Waals surface area contributed by atoms with Crippen molar-refractivity contribution in [3.63, 3.8) is 0 Å². The molecule has 2 aromatic rings. The van der Waals surface area contributed by atoms with Gasteiger partial charge in [-0.2, -0.15) is 5.10 Å². The van der Waals surface area contributed by atoms with Gasteiger partial charge in [0.2, 0.25) is 0 Å². The van der Waals surface area contributed by atoms with E-state index < -0.39 is 5.97 Å². The average molecular weight is 267 g/mol. The Labute approximate surface area is 108 Å². The number of benzene rings is 1. The predicted octanol–water partition coefficient (Wildman–Crippen LogP) is 2.75. The van der Waals surface area contributed by atoms with Crippen LogP contribution in [0.15, 0.2) is 18.2 Å². The second-order valence-electron chi connectivity index (χ2n) is 3.80. The minimum absolute atomic E-state index is 0.0153. The summed E-state index contributed by atoms with van der Waals surface area (Å²) < 4.78 is 5.16. The van der Waals surface area contributed by atoms with Crippen molar-refractivity contribution < 1.29 is 14.6 Å². The molecule has 6 heteroatoms. The van der Waals surface area contributed by atoms with Crippen LogP contribution in [0.2, 0.25) is 5.02 Å². The molecular weight excluding hydrogens is 256 g/mol. The number of nitrogens with one attached hydrogen (secondary N) is 1. The third kappa shape index (κ3) is 2.17. The van der Waals surface area contributed by atoms with Crippen LogP contribution in [0, 0.1) is 6.92 Å². The van der Waals surface area contributed by atoms with Crippen LogP contribution in [-0.4, -0.2) is 28.4 Å². The van der Waals surface area contributed by atoms with Gasteiger partial charge in [0.15, 0.2) is 0 Å². The number of hydrogen-bond donors (Lipinski definition) is 2. The summed E-state index contributed by atoms with van der Waals surface area (Å²) in [6.45, 7) is 1.90. The maximum Gasteiger partial charge on any atom is 0.353 e. The number of aromatic nitrogens is 2. The number of aromatic carboxylic acids is 1. The number of aryl methyl sites for hydroxylation is 1. The number of rotatable bonds is 3. The van der Waals surface area contributed by atoms with Crippen LogP contribution in [0.4, 0.5) is 0 Å². The zero-order chi connectivity index (χ0) is 13.3. The van der Waals surface area contributed by atoms with Crippen molar-refractivity contribution in [2.75, 3.05) is 7.11 Å². The second kappa shape index (κ2) is 4.70. The molecule has 0 saturated heterocycles. The Morgan fingerprint density at radius 2 is 2.17 bits per heavy atom. The minimum atomic E-state index is -1.07. The lowest BCUT2D eigenvalue weighted by atomic mass is 10.1. The van der Waals surface area contributed by atoms with Gasteiger partial charge in [0.05, 0.1) is 17.8 Å². The molecule has 2 rings (SSSR count). The van der Waals surface area contributed by atoms with Crippen LogP contribution in [0.25, 0.3) is 11.3 Å². The normalized spacial score (nSPS) is 10.4. The van der Waals surface area contributed by atoms with Gasteiger partial charge in [-0.1, -0.05) is 11.6 Å². The van der Waals surface area contributed by atoms with Crippen LogP contribution in [-0.2, 0) is 0 Å². The van der Waals surface area contributed by atoms with E-state index in [2.05, 4.69) is 10.2 Å². The fourth-order valence-electron chi connectivity index (χ4n) is 1.64. The van der Waals surface area contributed by atoms with Crippen molar-refractivity contribution >= 4 is 17.6 Å². The Balaban J connectivity index is 2.55. The SMILES string of the molecule is COc1cc(C)cc(-c2cc(C(=O)O)[nH]n2)c1Cl. The summed E-state index contributed by atoms with van der Waals surface area (Å²) in [5, 5.41) is 15.6. The molecular formula is C12H11ClN2O3. The van der Waals surface area contributed by atoms with Gasteiger partial charge in [-0.3, -0.25) is 5.10 Å². The van der Waals surface area contributed by atoms with Gasteiger partial charge in [0.25, 0.3) is 0 Å². The molecule has 18 heavy (non-hydrogen) atoms. The largest absolute Gasteiger partial charge is 0.495 e. The zero-order valence-electron chi connectivity index (χ0n) is 9.82. The number of carboxylic acid groups (broad SMARTS) is 1. The van der Waals surface area contributed by atoms with Gasteiger partial charge >= 0.3 is 5.97 Å². The Kier molecular flexibility index (Phi) is 3.25. The maximum absolute atomic E-state index is 10.8. The van der Waals surface area contributed by atoms with E-state index in [1.807, 2.05) is 13.0 Å². The molecule has 0 aliphatic heterocycles. The lowest BCUT2D eigenvalue weighted by molar-refractivity contribution is 0.0690. The summed E-state index contributed by atoms with van der Waals surface area (Å²) in [5.41, 5.74) is 2.07. The van der Waals surface area contributed by atoms with Crippen LogP contribution in [0.1, 0.15) is 16.1 Å². The third-order valence-electron chi connectivity index (χ3n) is 2.49. The Hall–Kier alpha value is -2.01. The maximum atomic E-state index is 10.8. The van der Waals surface area contributed by atoms with Crippen LogP contribution < -0.4 is 4.74 Å². The van der Waals surface area contributed by atoms with Gasteiger partial charge in [-0.25, -0.2) is 4.79 Å². The van der Waals surface area contributed by atoms with Crippen molar-refractivity contribution in [3.8, 4) is 17.0 Å². The summed E-state index contributed by atoms with van der Waals surface area (Å²) in [6.07, 6.45) is 0. The van der Waals surface area contributed by atoms with Gasteiger partial charge < -0.3 is 9.84 Å². The molecule has 0 unspecified atom stereocenters. The van der Waals surface area contributed by atoms with Crippen LogP contribution >= 0.6 is 11.6 Å². The summed E-state index contributed by atoms with van der Waals surface area (Å²) in [7, 11) is 1.53. The molecule has 0 bridgehead atoms. The number of carbonyl (C=O) groups is 1. The highest BCUT2D eigenvalue weighted by Gasteiger charge is 2.15. The van der Waals surface area contributed by atoms with Gasteiger partial charge in [0.1, 0.15) is 11.4 Å². The molecule has 5 nitrogen and oxygen atoms in total. The monoisotopic (exact) mass is 266 g/mol. The lowest BCUT2D eigenvalue weighted by Gasteiger charge is -2.08. The van der Waals surface area contributed by atoms with E-state index in [1.165, 1.54) is 13.2 Å². The number of aromatic amines is 1. The smallest absolute Gasteiger partial charge is 0.353 e. The molecule has 0 amide bonds. The number of hydrogen-bond acceptors (Lipinski definition) is 3. The van der Waals surface area contributed by atoms with E-state index in [-0.39, 0.29) is 5.69 Å². The highest BCUT2D eigenvalue weighted by Crippen LogP contribution is 2.35. The van der Waals surface area contributed by atoms with E-state index in [0.717, 1.165) is 5.56 Å². The molecule has 0 fully saturated rings. The molecule has 0 aliphatic carbocycles. The van der Waals surface area contributed by atoms with Crippen molar-refractivity contribution in [2.24, 2.45) is 0 Å². The summed E-state index contributed by atoms with van der Waals surface area (Å²) in [4.78, 5) is 10.8. The highest BCUT2D eigenvalue weighted by atomic mass is 35.5. The Morgan fingerprint density at radius 1 is 1.44 bits per heavy atom. The summed E-state index contributed by atoms with van der Waals surface area (Å²) in [5.74, 6) is -0.531. The first-order valence-corrected chi connectivity index (χ1v) is 5.54. The summed E-state index contributed by atoms with van der Waals surface area (Å²) >= 11 is 6.18. The van der Waals surface area contributed by atoms with Crippen LogP contribution in [0.5, 0.6) is 5.75 Å². The fraction of sp³-hybridized carbons (Fsp3) is 0.167. The van der Waals surface area contributed by atoms with Gasteiger partial charge in [-0.15, -0.1) is 0 Å². The molecule has 0 atom stereocenters. The highest BCUT2D eigenvalue weighted by molar-refractivity contribution is 6.34. The molecule has 0 spiro atoms. The molecule has 1 aromatic heterocycles. The molecule has 1 heterocycles. The third-order valence-corrected chi connectivity index (χ3v) is 2.88. The molecule has 2 N–H and O–H groups in total. The predicted molar refractivity (Wildman–Crippen MR) is 67.3 cm³/mol. The second-order valence-corrected chi connectivity index (χ2v) is 4.18. The fourth-order valence-corrected chi connectivity index (χ4v) is 1.92. The number of halogens is 1. The van der Waals surface area contributed by atoms with Crippen LogP contribution in [0.3, 0.4) is 0 Å². The van der Waals surface area contributed by atoms with E-state index in [4.69, 9.17) is 21.4 Å². The molecule has 0 saturated carbocycles. The number of nitrogens with zero attached hydrogens (tertiary/aromatic N) is 1. The first kappa shape index (κ1) is 12.4. The van der Waals surface area contributed by atoms with E-state index in [1.54, 1.807) is 6.07 Å². The van der Waals surface area contributed by atoms with Gasteiger partial charge in [0, 0.05) is 5.56 Å². The first-order chi connectivity index (χ1) is 8.52. The van der Waals surface area contributed by atoms with E-state index in [9.17, 15) is 4.79 Å². The molecule has 1 aromatic carbocycles. The molecule has 0 radical (unpaired) electrons. The van der Waals surface area contributed by atoms with Crippen molar-refractivity contribution in [1.82, 2.24) is 10.2 Å². The van der Waals surface area contributed by atoms with Crippen molar-refractivity contribution in [1.29, 1.82) is 0 Å².